The Morgan fingerprint density at radius 1 is 1.15 bits per heavy atom. The van der Waals surface area contributed by atoms with E-state index in [1.54, 1.807) is 29.2 Å². The zero-order chi connectivity index (χ0) is 24.3. The molecular formula is C22H26Cl2FN3O4S. The quantitative estimate of drug-likeness (QED) is 0.512. The van der Waals surface area contributed by atoms with E-state index < -0.39 is 22.3 Å². The van der Waals surface area contributed by atoms with E-state index in [2.05, 4.69) is 0 Å². The molecule has 2 aromatic rings. The first-order chi connectivity index (χ1) is 15.6. The normalized spacial score (nSPS) is 16.5. The van der Waals surface area contributed by atoms with Crippen molar-refractivity contribution in [3.05, 3.63) is 57.8 Å². The zero-order valence-corrected chi connectivity index (χ0v) is 20.9. The molecule has 7 nitrogen and oxygen atoms in total. The van der Waals surface area contributed by atoms with Crippen molar-refractivity contribution in [1.82, 2.24) is 9.21 Å². The van der Waals surface area contributed by atoms with Crippen LogP contribution in [0.1, 0.15) is 19.4 Å². The van der Waals surface area contributed by atoms with Crippen LogP contribution in [0.15, 0.2) is 41.3 Å². The van der Waals surface area contributed by atoms with Gasteiger partial charge < -0.3 is 19.1 Å². The number of methoxy groups -OCH3 is 1. The van der Waals surface area contributed by atoms with Crippen molar-refractivity contribution in [1.29, 1.82) is 0 Å². The second-order valence-corrected chi connectivity index (χ2v) is 10.6. The minimum Gasteiger partial charge on any atom is -0.593 e. The largest absolute Gasteiger partial charge is 0.593 e. The van der Waals surface area contributed by atoms with E-state index in [9.17, 15) is 13.6 Å². The summed E-state index contributed by atoms with van der Waals surface area (Å²) in [6.45, 7) is 4.57. The third kappa shape index (κ3) is 5.44. The van der Waals surface area contributed by atoms with Crippen LogP contribution in [-0.2, 0) is 25.9 Å². The topological polar surface area (TPSA) is 76.2 Å². The number of benzene rings is 2. The summed E-state index contributed by atoms with van der Waals surface area (Å²) in [5, 5.41) is 0.118. The Morgan fingerprint density at radius 3 is 2.27 bits per heavy atom. The zero-order valence-electron chi connectivity index (χ0n) is 18.6. The predicted octanol–water partition coefficient (Wildman–Crippen LogP) is 4.84. The molecule has 1 saturated heterocycles. The van der Waals surface area contributed by atoms with Gasteiger partial charge in [-0.25, -0.2) is 9.18 Å². The molecule has 0 radical (unpaired) electrons. The van der Waals surface area contributed by atoms with Gasteiger partial charge in [0.2, 0.25) is 4.90 Å². The van der Waals surface area contributed by atoms with Gasteiger partial charge in [0.1, 0.15) is 0 Å². The van der Waals surface area contributed by atoms with E-state index in [-0.39, 0.29) is 53.7 Å². The van der Waals surface area contributed by atoms with E-state index in [0.29, 0.717) is 11.3 Å². The molecule has 33 heavy (non-hydrogen) atoms. The highest BCUT2D eigenvalue weighted by Gasteiger charge is 2.37. The molecule has 1 atom stereocenters. The molecule has 1 aliphatic rings. The maximum absolute atomic E-state index is 15.4. The molecule has 0 aromatic heterocycles. The molecule has 2 aromatic carbocycles. The number of ether oxygens (including phenoxy) is 1. The van der Waals surface area contributed by atoms with Crippen molar-refractivity contribution < 1.29 is 22.7 Å². The summed E-state index contributed by atoms with van der Waals surface area (Å²) in [6.07, 6.45) is -0.535. The maximum Gasteiger partial charge on any atom is 0.410 e. The fourth-order valence-electron chi connectivity index (χ4n) is 3.72. The third-order valence-corrected chi connectivity index (χ3v) is 8.38. The molecule has 3 rings (SSSR count). The molecule has 1 aliphatic heterocycles. The van der Waals surface area contributed by atoms with E-state index >= 15 is 4.39 Å². The van der Waals surface area contributed by atoms with Crippen LogP contribution >= 0.6 is 23.2 Å². The molecule has 1 fully saturated rings. The highest BCUT2D eigenvalue weighted by atomic mass is 35.5. The Bertz CT molecular complexity index is 1040. The number of piperazine rings is 1. The number of hydrogen-bond acceptors (Lipinski definition) is 5. The summed E-state index contributed by atoms with van der Waals surface area (Å²) in [6, 6.07) is 9.35. The lowest BCUT2D eigenvalue weighted by Gasteiger charge is -2.37. The average Bonchev–Trinajstić information content (AvgIpc) is 2.77. The van der Waals surface area contributed by atoms with Crippen molar-refractivity contribution in [2.45, 2.75) is 31.3 Å². The van der Waals surface area contributed by atoms with Crippen LogP contribution in [0, 0.1) is 5.82 Å². The number of sulfonamides is 1. The first-order valence-electron chi connectivity index (χ1n) is 10.4. The molecule has 180 valence electrons. The summed E-state index contributed by atoms with van der Waals surface area (Å²) in [5.74, 6) is -0.447. The fourth-order valence-corrected chi connectivity index (χ4v) is 6.23. The number of carbonyl (C=O) groups is 1. The lowest BCUT2D eigenvalue weighted by molar-refractivity contribution is 0.107. The summed E-state index contributed by atoms with van der Waals surface area (Å²) < 4.78 is 47.6. The summed E-state index contributed by atoms with van der Waals surface area (Å²) in [7, 11) is -2.61. The average molecular weight is 518 g/mol. The highest BCUT2D eigenvalue weighted by Crippen LogP contribution is 2.35. The molecular weight excluding hydrogens is 492 g/mol. The molecule has 1 heterocycles. The minimum atomic E-state index is -3.89. The first-order valence-corrected chi connectivity index (χ1v) is 12.6. The minimum absolute atomic E-state index is 0.0589. The second-order valence-electron chi connectivity index (χ2n) is 7.88. The first kappa shape index (κ1) is 25.7. The second kappa shape index (κ2) is 10.6. The lowest BCUT2D eigenvalue weighted by Crippen LogP contribution is -2.51. The van der Waals surface area contributed by atoms with E-state index in [1.165, 1.54) is 28.4 Å². The SMILES string of the molecule is COC(=O)N(Cc1cccc(N2CCN([S+](=O)([O-])c3c(Cl)cccc3Cl)CC2)c1F)C(C)C. The van der Waals surface area contributed by atoms with Crippen LogP contribution in [-0.4, -0.2) is 59.2 Å². The van der Waals surface area contributed by atoms with Gasteiger partial charge in [-0.1, -0.05) is 45.6 Å². The Labute approximate surface area is 204 Å². The van der Waals surface area contributed by atoms with Crippen LogP contribution in [0.3, 0.4) is 0 Å². The fraction of sp³-hybridized carbons (Fsp3) is 0.409. The summed E-state index contributed by atoms with van der Waals surface area (Å²) in [5.41, 5.74) is 0.707. The Hall–Kier alpha value is -1.91. The van der Waals surface area contributed by atoms with Crippen LogP contribution < -0.4 is 4.90 Å². The Balaban J connectivity index is 1.77. The Kier molecular flexibility index (Phi) is 8.23. The highest BCUT2D eigenvalue weighted by molar-refractivity contribution is 7.95. The van der Waals surface area contributed by atoms with E-state index in [0.717, 1.165) is 0 Å². The number of hydrogen-bond donors (Lipinski definition) is 0. The smallest absolute Gasteiger partial charge is 0.410 e. The number of rotatable bonds is 6. The van der Waals surface area contributed by atoms with Gasteiger partial charge in [-0.2, -0.15) is 0 Å². The molecule has 0 bridgehead atoms. The van der Waals surface area contributed by atoms with Gasteiger partial charge in [-0.15, -0.1) is 4.31 Å². The lowest BCUT2D eigenvalue weighted by atomic mass is 10.1. The van der Waals surface area contributed by atoms with Gasteiger partial charge in [0.25, 0.3) is 0 Å². The number of anilines is 1. The van der Waals surface area contributed by atoms with Crippen LogP contribution in [0.25, 0.3) is 0 Å². The maximum atomic E-state index is 15.4. The van der Waals surface area contributed by atoms with Gasteiger partial charge >= 0.3 is 6.09 Å². The standard InChI is InChI=1S/C22H26Cl2FN3O4S/c1-15(2)28(22(29)32-3)14-16-6-4-9-19(20(16)25)26-10-12-27(13-11-26)33(30,31)21-17(23)7-5-8-18(21)24/h4-9,15H,10-14H2,1-3H3. The molecule has 1 unspecified atom stereocenters. The number of amides is 1. The monoisotopic (exact) mass is 517 g/mol. The van der Waals surface area contributed by atoms with Crippen LogP contribution in [0.4, 0.5) is 14.9 Å². The number of halogens is 3. The van der Waals surface area contributed by atoms with Crippen molar-refractivity contribution in [2.75, 3.05) is 38.2 Å². The van der Waals surface area contributed by atoms with Gasteiger partial charge in [-0.05, 0) is 32.0 Å². The van der Waals surface area contributed by atoms with Crippen molar-refractivity contribution in [3.8, 4) is 0 Å². The molecule has 1 amide bonds. The van der Waals surface area contributed by atoms with Crippen molar-refractivity contribution >= 4 is 45.4 Å². The number of carbonyl (C=O) groups excluding carboxylic acids is 1. The molecule has 0 spiro atoms. The van der Waals surface area contributed by atoms with Gasteiger partial charge in [-0.3, -0.25) is 0 Å². The predicted molar refractivity (Wildman–Crippen MR) is 127 cm³/mol. The van der Waals surface area contributed by atoms with E-state index in [1.807, 2.05) is 13.8 Å². The van der Waals surface area contributed by atoms with E-state index in [4.69, 9.17) is 27.9 Å². The van der Waals surface area contributed by atoms with Crippen molar-refractivity contribution in [2.24, 2.45) is 0 Å². The molecule has 11 heteroatoms. The molecule has 0 aliphatic carbocycles. The number of nitrogens with zero attached hydrogens (tertiary/aromatic N) is 3. The Morgan fingerprint density at radius 2 is 1.73 bits per heavy atom. The van der Waals surface area contributed by atoms with Gasteiger partial charge in [0.15, 0.2) is 16.2 Å². The molecule has 0 N–H and O–H groups in total. The van der Waals surface area contributed by atoms with Crippen LogP contribution in [0.5, 0.6) is 0 Å². The third-order valence-electron chi connectivity index (χ3n) is 5.53. The van der Waals surface area contributed by atoms with Gasteiger partial charge in [0, 0.05) is 24.7 Å². The molecule has 0 saturated carbocycles. The van der Waals surface area contributed by atoms with Crippen LogP contribution in [0.2, 0.25) is 10.0 Å². The summed E-state index contributed by atoms with van der Waals surface area (Å²) in [4.78, 5) is 15.1. The van der Waals surface area contributed by atoms with Gasteiger partial charge in [0.05, 0.1) is 42.5 Å². The van der Waals surface area contributed by atoms with Crippen molar-refractivity contribution in [3.63, 3.8) is 0 Å². The summed E-state index contributed by atoms with van der Waals surface area (Å²) >= 11 is 12.2.